The zero-order chi connectivity index (χ0) is 9.68. The van der Waals surface area contributed by atoms with Gasteiger partial charge in [-0.2, -0.15) is 0 Å². The Morgan fingerprint density at radius 1 is 1.62 bits per heavy atom. The summed E-state index contributed by atoms with van der Waals surface area (Å²) < 4.78 is 0. The second-order valence-corrected chi connectivity index (χ2v) is 3.51. The highest BCUT2D eigenvalue weighted by Gasteiger charge is 1.94. The fourth-order valence-electron chi connectivity index (χ4n) is 0.740. The molecule has 0 aliphatic heterocycles. The van der Waals surface area contributed by atoms with Crippen molar-refractivity contribution < 1.29 is 0 Å². The van der Waals surface area contributed by atoms with E-state index in [1.807, 2.05) is 0 Å². The maximum atomic E-state index is 10.9. The molecule has 0 saturated heterocycles. The molecule has 1 rings (SSSR count). The van der Waals surface area contributed by atoms with Gasteiger partial charge >= 0.3 is 0 Å². The molecule has 0 unspecified atom stereocenters. The summed E-state index contributed by atoms with van der Waals surface area (Å²) in [7, 11) is 0. The summed E-state index contributed by atoms with van der Waals surface area (Å²) in [4.78, 5) is 13.4. The lowest BCUT2D eigenvalue weighted by Gasteiger charge is -1.90. The van der Waals surface area contributed by atoms with Gasteiger partial charge in [0.05, 0.1) is 0 Å². The first-order chi connectivity index (χ1) is 6.24. The number of hydrogen-bond acceptors (Lipinski definition) is 1. The first kappa shape index (κ1) is 10.4. The van der Waals surface area contributed by atoms with Gasteiger partial charge in [0.15, 0.2) is 0 Å². The average Bonchev–Trinajstić information content (AvgIpc) is 2.12. The third-order valence-electron chi connectivity index (χ3n) is 1.31. The van der Waals surface area contributed by atoms with Gasteiger partial charge in [0, 0.05) is 23.5 Å². The van der Waals surface area contributed by atoms with Crippen LogP contribution in [0.25, 0.3) is 0 Å². The third-order valence-corrected chi connectivity index (χ3v) is 1.99. The van der Waals surface area contributed by atoms with Crippen molar-refractivity contribution in [3.63, 3.8) is 0 Å². The largest absolute Gasteiger partial charge is 0.327 e. The number of rotatable bonds is 1. The fourth-order valence-corrected chi connectivity index (χ4v) is 1.11. The molecule has 1 N–H and O–H groups in total. The van der Waals surface area contributed by atoms with Crippen LogP contribution < -0.4 is 5.56 Å². The zero-order valence-electron chi connectivity index (χ0n) is 6.73. The van der Waals surface area contributed by atoms with Gasteiger partial charge in [-0.25, -0.2) is 0 Å². The van der Waals surface area contributed by atoms with Crippen LogP contribution in [-0.4, -0.2) is 10.3 Å². The molecule has 0 atom stereocenters. The van der Waals surface area contributed by atoms with Crippen LogP contribution in [0, 0.1) is 11.8 Å². The van der Waals surface area contributed by atoms with Crippen LogP contribution in [0.4, 0.5) is 0 Å². The van der Waals surface area contributed by atoms with E-state index in [2.05, 4.69) is 32.8 Å². The van der Waals surface area contributed by atoms with Gasteiger partial charge in [0.1, 0.15) is 5.02 Å². The average molecular weight is 261 g/mol. The minimum Gasteiger partial charge on any atom is -0.327 e. The Morgan fingerprint density at radius 2 is 2.38 bits per heavy atom. The standard InChI is InChI=1S/C9H7BrClNO/c10-4-2-1-3-7-5-8(11)9(13)12-6-7/h5-6H,2,4H2,(H,12,13). The number of pyridine rings is 1. The number of aromatic nitrogens is 1. The molecule has 2 nitrogen and oxygen atoms in total. The number of nitrogens with one attached hydrogen (secondary N) is 1. The van der Waals surface area contributed by atoms with Crippen LogP contribution >= 0.6 is 27.5 Å². The summed E-state index contributed by atoms with van der Waals surface area (Å²) in [6.07, 6.45) is 2.33. The molecule has 0 aliphatic rings. The van der Waals surface area contributed by atoms with E-state index in [1.165, 1.54) is 0 Å². The Labute approximate surface area is 89.4 Å². The predicted octanol–water partition coefficient (Wildman–Crippen LogP) is 2.16. The lowest BCUT2D eigenvalue weighted by Crippen LogP contribution is -2.04. The van der Waals surface area contributed by atoms with E-state index in [4.69, 9.17) is 11.6 Å². The van der Waals surface area contributed by atoms with Gasteiger partial charge in [-0.3, -0.25) is 4.79 Å². The first-order valence-electron chi connectivity index (χ1n) is 3.67. The molecule has 0 aliphatic carbocycles. The van der Waals surface area contributed by atoms with E-state index in [-0.39, 0.29) is 10.6 Å². The highest BCUT2D eigenvalue weighted by molar-refractivity contribution is 9.09. The molecule has 0 bridgehead atoms. The molecule has 13 heavy (non-hydrogen) atoms. The lowest BCUT2D eigenvalue weighted by molar-refractivity contribution is 1.23. The summed E-state index contributed by atoms with van der Waals surface area (Å²) in [6, 6.07) is 1.56. The summed E-state index contributed by atoms with van der Waals surface area (Å²) in [6.45, 7) is 0. The Hall–Kier alpha value is -0.720. The van der Waals surface area contributed by atoms with E-state index in [1.54, 1.807) is 12.3 Å². The van der Waals surface area contributed by atoms with E-state index in [9.17, 15) is 4.79 Å². The molecule has 1 heterocycles. The van der Waals surface area contributed by atoms with Crippen molar-refractivity contribution in [1.82, 2.24) is 4.98 Å². The van der Waals surface area contributed by atoms with E-state index >= 15 is 0 Å². The zero-order valence-corrected chi connectivity index (χ0v) is 9.08. The van der Waals surface area contributed by atoms with Crippen LogP contribution in [0.1, 0.15) is 12.0 Å². The van der Waals surface area contributed by atoms with Gasteiger partial charge in [-0.15, -0.1) is 0 Å². The molecular weight excluding hydrogens is 253 g/mol. The summed E-state index contributed by atoms with van der Waals surface area (Å²) in [5.74, 6) is 5.80. The molecule has 0 spiro atoms. The number of hydrogen-bond donors (Lipinski definition) is 1. The topological polar surface area (TPSA) is 32.9 Å². The van der Waals surface area contributed by atoms with Crippen molar-refractivity contribution >= 4 is 27.5 Å². The van der Waals surface area contributed by atoms with Crippen LogP contribution in [-0.2, 0) is 0 Å². The van der Waals surface area contributed by atoms with E-state index < -0.39 is 0 Å². The molecule has 0 radical (unpaired) electrons. The van der Waals surface area contributed by atoms with E-state index in [0.717, 1.165) is 17.3 Å². The minimum atomic E-state index is -0.285. The molecule has 0 aromatic carbocycles. The maximum absolute atomic E-state index is 10.9. The number of alkyl halides is 1. The van der Waals surface area contributed by atoms with Crippen molar-refractivity contribution in [2.45, 2.75) is 6.42 Å². The molecule has 0 fully saturated rings. The molecule has 1 aromatic heterocycles. The molecular formula is C9H7BrClNO. The van der Waals surface area contributed by atoms with Crippen molar-refractivity contribution in [3.8, 4) is 11.8 Å². The number of aromatic amines is 1. The van der Waals surface area contributed by atoms with Crippen molar-refractivity contribution in [3.05, 3.63) is 33.2 Å². The Kier molecular flexibility index (Phi) is 4.07. The predicted molar refractivity (Wildman–Crippen MR) is 57.4 cm³/mol. The monoisotopic (exact) mass is 259 g/mol. The fraction of sp³-hybridized carbons (Fsp3) is 0.222. The third kappa shape index (κ3) is 3.25. The van der Waals surface area contributed by atoms with Crippen LogP contribution in [0.3, 0.4) is 0 Å². The van der Waals surface area contributed by atoms with Crippen molar-refractivity contribution in [2.24, 2.45) is 0 Å². The maximum Gasteiger partial charge on any atom is 0.266 e. The normalized spacial score (nSPS) is 9.08. The number of halogens is 2. The van der Waals surface area contributed by atoms with Gasteiger partial charge < -0.3 is 4.98 Å². The van der Waals surface area contributed by atoms with Crippen LogP contribution in [0.5, 0.6) is 0 Å². The van der Waals surface area contributed by atoms with Gasteiger partial charge in [-0.1, -0.05) is 39.4 Å². The molecule has 0 saturated carbocycles. The highest BCUT2D eigenvalue weighted by atomic mass is 79.9. The van der Waals surface area contributed by atoms with Gasteiger partial charge in [-0.05, 0) is 6.07 Å². The number of H-pyrrole nitrogens is 1. The Bertz CT molecular complexity index is 402. The molecule has 0 amide bonds. The second kappa shape index (κ2) is 5.11. The minimum absolute atomic E-state index is 0.172. The quantitative estimate of drug-likeness (QED) is 0.609. The summed E-state index contributed by atoms with van der Waals surface area (Å²) >= 11 is 8.87. The van der Waals surface area contributed by atoms with Crippen molar-refractivity contribution in [2.75, 3.05) is 5.33 Å². The van der Waals surface area contributed by atoms with Crippen LogP contribution in [0.15, 0.2) is 17.1 Å². The highest BCUT2D eigenvalue weighted by Crippen LogP contribution is 2.02. The van der Waals surface area contributed by atoms with Crippen molar-refractivity contribution in [1.29, 1.82) is 0 Å². The Morgan fingerprint density at radius 3 is 3.00 bits per heavy atom. The lowest BCUT2D eigenvalue weighted by atomic mass is 10.3. The smallest absolute Gasteiger partial charge is 0.266 e. The first-order valence-corrected chi connectivity index (χ1v) is 5.17. The van der Waals surface area contributed by atoms with E-state index in [0.29, 0.717) is 0 Å². The SMILES string of the molecule is O=c1[nH]cc(C#CCCBr)cc1Cl. The van der Waals surface area contributed by atoms with Gasteiger partial charge in [0.25, 0.3) is 5.56 Å². The molecule has 4 heteroatoms. The second-order valence-electron chi connectivity index (χ2n) is 2.31. The molecule has 1 aromatic rings. The summed E-state index contributed by atoms with van der Waals surface area (Å²) in [5, 5.41) is 1.02. The Balaban J connectivity index is 2.87. The molecule has 68 valence electrons. The van der Waals surface area contributed by atoms with Gasteiger partial charge in [0.2, 0.25) is 0 Å². The summed E-state index contributed by atoms with van der Waals surface area (Å²) in [5.41, 5.74) is 0.443. The van der Waals surface area contributed by atoms with Crippen LogP contribution in [0.2, 0.25) is 5.02 Å².